The summed E-state index contributed by atoms with van der Waals surface area (Å²) in [7, 11) is 0. The van der Waals surface area contributed by atoms with Gasteiger partial charge < -0.3 is 10.2 Å². The normalized spacial score (nSPS) is 15.6. The number of hydrogen-bond donors (Lipinski definition) is 1. The number of benzene rings is 1. The Hall–Kier alpha value is -2.43. The molecule has 22 heavy (non-hydrogen) atoms. The Morgan fingerprint density at radius 2 is 1.91 bits per heavy atom. The second-order valence-corrected chi connectivity index (χ2v) is 5.73. The molecule has 2 aromatic rings. The van der Waals surface area contributed by atoms with E-state index in [1.54, 1.807) is 12.3 Å². The highest BCUT2D eigenvalue weighted by Gasteiger charge is 2.22. The number of carbonyl (C=O) groups excluding carboxylic acids is 1. The van der Waals surface area contributed by atoms with Crippen molar-refractivity contribution in [2.24, 2.45) is 5.92 Å². The van der Waals surface area contributed by atoms with Crippen LogP contribution in [0.1, 0.15) is 30.3 Å². The Bertz CT molecular complexity index is 636. The molecule has 0 saturated carbocycles. The summed E-state index contributed by atoms with van der Waals surface area (Å²) in [6, 6.07) is 11.4. The van der Waals surface area contributed by atoms with Crippen LogP contribution in [-0.4, -0.2) is 33.9 Å². The van der Waals surface area contributed by atoms with E-state index in [1.807, 2.05) is 35.2 Å². The maximum Gasteiger partial charge on any atom is 0.272 e. The molecule has 1 aliphatic rings. The number of anilines is 2. The molecule has 0 radical (unpaired) electrons. The molecule has 1 fully saturated rings. The van der Waals surface area contributed by atoms with E-state index in [0.29, 0.717) is 17.6 Å². The second-order valence-electron chi connectivity index (χ2n) is 5.73. The van der Waals surface area contributed by atoms with Gasteiger partial charge >= 0.3 is 0 Å². The van der Waals surface area contributed by atoms with Gasteiger partial charge in [-0.25, -0.2) is 9.97 Å². The summed E-state index contributed by atoms with van der Waals surface area (Å²) in [4.78, 5) is 22.9. The van der Waals surface area contributed by atoms with Crippen LogP contribution in [0.5, 0.6) is 0 Å². The second kappa shape index (κ2) is 6.56. The van der Waals surface area contributed by atoms with Gasteiger partial charge in [0.05, 0.1) is 0 Å². The number of amides is 1. The number of para-hydroxylation sites is 1. The standard InChI is InChI=1S/C17H20N4O/c1-13-8-11-21(12-9-13)16(22)15-7-10-18-17(20-15)19-14-5-3-2-4-6-14/h2-7,10,13H,8-9,11-12H2,1H3,(H,18,19,20). The van der Waals surface area contributed by atoms with Crippen molar-refractivity contribution in [1.29, 1.82) is 0 Å². The molecule has 1 N–H and O–H groups in total. The van der Waals surface area contributed by atoms with Crippen LogP contribution < -0.4 is 5.32 Å². The Kier molecular flexibility index (Phi) is 4.32. The van der Waals surface area contributed by atoms with Gasteiger partial charge in [-0.3, -0.25) is 4.79 Å². The Morgan fingerprint density at radius 3 is 2.64 bits per heavy atom. The van der Waals surface area contributed by atoms with E-state index in [1.165, 1.54) is 0 Å². The van der Waals surface area contributed by atoms with Crippen molar-refractivity contribution in [3.05, 3.63) is 48.3 Å². The monoisotopic (exact) mass is 296 g/mol. The molecule has 1 saturated heterocycles. The summed E-state index contributed by atoms with van der Waals surface area (Å²) in [6.07, 6.45) is 3.75. The van der Waals surface area contributed by atoms with Crippen LogP contribution >= 0.6 is 0 Å². The van der Waals surface area contributed by atoms with E-state index < -0.39 is 0 Å². The Balaban J connectivity index is 1.72. The van der Waals surface area contributed by atoms with Crippen molar-refractivity contribution in [3.8, 4) is 0 Å². The van der Waals surface area contributed by atoms with Crippen LogP contribution in [0.2, 0.25) is 0 Å². The fraction of sp³-hybridized carbons (Fsp3) is 0.353. The molecule has 1 aromatic heterocycles. The first-order valence-corrected chi connectivity index (χ1v) is 7.67. The van der Waals surface area contributed by atoms with Gasteiger partial charge in [0, 0.05) is 25.0 Å². The average molecular weight is 296 g/mol. The number of piperidine rings is 1. The van der Waals surface area contributed by atoms with E-state index in [-0.39, 0.29) is 5.91 Å². The van der Waals surface area contributed by atoms with E-state index in [4.69, 9.17) is 0 Å². The van der Waals surface area contributed by atoms with Gasteiger partial charge in [-0.05, 0) is 37.0 Å². The van der Waals surface area contributed by atoms with Crippen LogP contribution in [0.15, 0.2) is 42.6 Å². The molecule has 5 heteroatoms. The third kappa shape index (κ3) is 3.42. The lowest BCUT2D eigenvalue weighted by atomic mass is 9.99. The van der Waals surface area contributed by atoms with Gasteiger partial charge in [0.15, 0.2) is 0 Å². The number of nitrogens with zero attached hydrogens (tertiary/aromatic N) is 3. The summed E-state index contributed by atoms with van der Waals surface area (Å²) >= 11 is 0. The van der Waals surface area contributed by atoms with Crippen molar-refractivity contribution in [1.82, 2.24) is 14.9 Å². The predicted molar refractivity (Wildman–Crippen MR) is 86.1 cm³/mol. The third-order valence-corrected chi connectivity index (χ3v) is 3.98. The summed E-state index contributed by atoms with van der Waals surface area (Å²) in [6.45, 7) is 3.85. The van der Waals surface area contributed by atoms with Gasteiger partial charge in [0.25, 0.3) is 5.91 Å². The van der Waals surface area contributed by atoms with Crippen LogP contribution in [0, 0.1) is 5.92 Å². The Labute approximate surface area is 130 Å². The van der Waals surface area contributed by atoms with Gasteiger partial charge in [-0.2, -0.15) is 0 Å². The summed E-state index contributed by atoms with van der Waals surface area (Å²) in [5, 5.41) is 3.12. The molecule has 1 aliphatic heterocycles. The number of nitrogens with one attached hydrogen (secondary N) is 1. The zero-order valence-electron chi connectivity index (χ0n) is 12.7. The average Bonchev–Trinajstić information content (AvgIpc) is 2.56. The number of aromatic nitrogens is 2. The SMILES string of the molecule is CC1CCN(C(=O)c2ccnc(Nc3ccccc3)n2)CC1. The molecule has 0 unspecified atom stereocenters. The first-order valence-electron chi connectivity index (χ1n) is 7.67. The smallest absolute Gasteiger partial charge is 0.272 e. The number of carbonyl (C=O) groups is 1. The molecule has 5 nitrogen and oxygen atoms in total. The minimum Gasteiger partial charge on any atom is -0.337 e. The van der Waals surface area contributed by atoms with E-state index >= 15 is 0 Å². The van der Waals surface area contributed by atoms with Crippen molar-refractivity contribution in [3.63, 3.8) is 0 Å². The highest BCUT2D eigenvalue weighted by Crippen LogP contribution is 2.18. The summed E-state index contributed by atoms with van der Waals surface area (Å²) in [5.41, 5.74) is 1.35. The molecule has 3 rings (SSSR count). The lowest BCUT2D eigenvalue weighted by Crippen LogP contribution is -2.38. The molecule has 1 amide bonds. The summed E-state index contributed by atoms with van der Waals surface area (Å²) in [5.74, 6) is 1.14. The molecule has 0 spiro atoms. The molecule has 114 valence electrons. The highest BCUT2D eigenvalue weighted by molar-refractivity contribution is 5.92. The van der Waals surface area contributed by atoms with Crippen LogP contribution in [0.3, 0.4) is 0 Å². The third-order valence-electron chi connectivity index (χ3n) is 3.98. The minimum absolute atomic E-state index is 0.00888. The molecule has 1 aromatic carbocycles. The number of rotatable bonds is 3. The minimum atomic E-state index is -0.00888. The summed E-state index contributed by atoms with van der Waals surface area (Å²) < 4.78 is 0. The highest BCUT2D eigenvalue weighted by atomic mass is 16.2. The molecular formula is C17H20N4O. The molecule has 0 aliphatic carbocycles. The lowest BCUT2D eigenvalue weighted by molar-refractivity contribution is 0.0691. The predicted octanol–water partition coefficient (Wildman–Crippen LogP) is 3.09. The molecule has 0 atom stereocenters. The van der Waals surface area contributed by atoms with Crippen molar-refractivity contribution in [2.75, 3.05) is 18.4 Å². The van der Waals surface area contributed by atoms with E-state index in [0.717, 1.165) is 31.6 Å². The zero-order valence-corrected chi connectivity index (χ0v) is 12.7. The fourth-order valence-electron chi connectivity index (χ4n) is 2.56. The van der Waals surface area contributed by atoms with Crippen LogP contribution in [0.25, 0.3) is 0 Å². The molecular weight excluding hydrogens is 276 g/mol. The van der Waals surface area contributed by atoms with Crippen molar-refractivity contribution < 1.29 is 4.79 Å². The van der Waals surface area contributed by atoms with Crippen LogP contribution in [-0.2, 0) is 0 Å². The number of hydrogen-bond acceptors (Lipinski definition) is 4. The number of likely N-dealkylation sites (tertiary alicyclic amines) is 1. The fourth-order valence-corrected chi connectivity index (χ4v) is 2.56. The first kappa shape index (κ1) is 14.5. The maximum atomic E-state index is 12.5. The maximum absolute atomic E-state index is 12.5. The lowest BCUT2D eigenvalue weighted by Gasteiger charge is -2.30. The van der Waals surface area contributed by atoms with E-state index in [9.17, 15) is 4.79 Å². The van der Waals surface area contributed by atoms with Crippen molar-refractivity contribution in [2.45, 2.75) is 19.8 Å². The van der Waals surface area contributed by atoms with Crippen LogP contribution in [0.4, 0.5) is 11.6 Å². The molecule has 2 heterocycles. The van der Waals surface area contributed by atoms with Gasteiger partial charge in [-0.1, -0.05) is 25.1 Å². The zero-order chi connectivity index (χ0) is 15.4. The van der Waals surface area contributed by atoms with Gasteiger partial charge in [0.2, 0.25) is 5.95 Å². The van der Waals surface area contributed by atoms with E-state index in [2.05, 4.69) is 22.2 Å². The van der Waals surface area contributed by atoms with Gasteiger partial charge in [-0.15, -0.1) is 0 Å². The largest absolute Gasteiger partial charge is 0.337 e. The Morgan fingerprint density at radius 1 is 1.18 bits per heavy atom. The topological polar surface area (TPSA) is 58.1 Å². The van der Waals surface area contributed by atoms with Crippen molar-refractivity contribution >= 4 is 17.5 Å². The molecule has 0 bridgehead atoms. The van der Waals surface area contributed by atoms with Gasteiger partial charge in [0.1, 0.15) is 5.69 Å². The quantitative estimate of drug-likeness (QED) is 0.945. The first-order chi connectivity index (χ1) is 10.7.